The SMILES string of the molecule is CC(=O)N1C2CCC1CC(O)(c1ccccc1F)C2. The fraction of sp³-hybridized carbons (Fsp3) is 0.533. The first-order chi connectivity index (χ1) is 9.01. The molecule has 1 N–H and O–H groups in total. The molecule has 2 heterocycles. The van der Waals surface area contributed by atoms with Crippen LogP contribution in [0, 0.1) is 5.82 Å². The molecule has 2 aliphatic rings. The zero-order chi connectivity index (χ0) is 13.6. The summed E-state index contributed by atoms with van der Waals surface area (Å²) in [6, 6.07) is 6.49. The third-order valence-electron chi connectivity index (χ3n) is 4.51. The number of hydrogen-bond acceptors (Lipinski definition) is 2. The van der Waals surface area contributed by atoms with Crippen molar-refractivity contribution in [3.63, 3.8) is 0 Å². The van der Waals surface area contributed by atoms with E-state index in [1.807, 2.05) is 4.90 Å². The van der Waals surface area contributed by atoms with E-state index in [2.05, 4.69) is 0 Å². The van der Waals surface area contributed by atoms with Gasteiger partial charge in [0, 0.05) is 37.4 Å². The Morgan fingerprint density at radius 2 is 1.89 bits per heavy atom. The van der Waals surface area contributed by atoms with Gasteiger partial charge < -0.3 is 10.0 Å². The molecular weight excluding hydrogens is 245 g/mol. The van der Waals surface area contributed by atoms with Crippen LogP contribution in [0.5, 0.6) is 0 Å². The summed E-state index contributed by atoms with van der Waals surface area (Å²) in [7, 11) is 0. The molecule has 102 valence electrons. The van der Waals surface area contributed by atoms with Crippen molar-refractivity contribution in [1.82, 2.24) is 4.90 Å². The number of carbonyl (C=O) groups excluding carboxylic acids is 1. The Labute approximate surface area is 112 Å². The van der Waals surface area contributed by atoms with Crippen LogP contribution >= 0.6 is 0 Å². The minimum atomic E-state index is -1.14. The monoisotopic (exact) mass is 263 g/mol. The van der Waals surface area contributed by atoms with Gasteiger partial charge in [-0.1, -0.05) is 18.2 Å². The van der Waals surface area contributed by atoms with Crippen LogP contribution in [0.25, 0.3) is 0 Å². The summed E-state index contributed by atoms with van der Waals surface area (Å²) in [5, 5.41) is 10.8. The van der Waals surface area contributed by atoms with E-state index in [1.165, 1.54) is 6.07 Å². The van der Waals surface area contributed by atoms with Gasteiger partial charge in [-0.05, 0) is 18.9 Å². The molecule has 1 amide bonds. The lowest BCUT2D eigenvalue weighted by atomic mass is 9.80. The van der Waals surface area contributed by atoms with Gasteiger partial charge in [0.25, 0.3) is 0 Å². The van der Waals surface area contributed by atoms with Crippen molar-refractivity contribution in [2.24, 2.45) is 0 Å². The molecular formula is C15H18FNO2. The second kappa shape index (κ2) is 4.30. The molecule has 3 nitrogen and oxygen atoms in total. The molecule has 2 aliphatic heterocycles. The van der Waals surface area contributed by atoms with Crippen LogP contribution in [0.1, 0.15) is 38.2 Å². The smallest absolute Gasteiger partial charge is 0.219 e. The third-order valence-corrected chi connectivity index (χ3v) is 4.51. The first-order valence-electron chi connectivity index (χ1n) is 6.77. The zero-order valence-electron chi connectivity index (χ0n) is 11.0. The Kier molecular flexibility index (Phi) is 2.86. The number of aliphatic hydroxyl groups is 1. The average molecular weight is 263 g/mol. The number of fused-ring (bicyclic) bond motifs is 2. The number of rotatable bonds is 1. The predicted molar refractivity (Wildman–Crippen MR) is 68.9 cm³/mol. The predicted octanol–water partition coefficient (Wildman–Crippen LogP) is 2.19. The summed E-state index contributed by atoms with van der Waals surface area (Å²) in [6.07, 6.45) is 2.68. The molecule has 1 aromatic rings. The van der Waals surface area contributed by atoms with E-state index in [-0.39, 0.29) is 23.8 Å². The van der Waals surface area contributed by atoms with Crippen LogP contribution in [-0.4, -0.2) is 28.0 Å². The summed E-state index contributed by atoms with van der Waals surface area (Å²) in [4.78, 5) is 13.5. The van der Waals surface area contributed by atoms with Crippen LogP contribution in [0.2, 0.25) is 0 Å². The fourth-order valence-electron chi connectivity index (χ4n) is 3.80. The van der Waals surface area contributed by atoms with Crippen molar-refractivity contribution in [2.45, 2.75) is 50.3 Å². The number of hydrogen-bond donors (Lipinski definition) is 1. The average Bonchev–Trinajstić information content (AvgIpc) is 2.63. The first-order valence-corrected chi connectivity index (χ1v) is 6.77. The Bertz CT molecular complexity index is 503. The molecule has 0 saturated carbocycles. The molecule has 4 heteroatoms. The number of amides is 1. The Balaban J connectivity index is 1.93. The highest BCUT2D eigenvalue weighted by atomic mass is 19.1. The minimum absolute atomic E-state index is 0.0425. The lowest BCUT2D eigenvalue weighted by Gasteiger charge is -2.43. The quantitative estimate of drug-likeness (QED) is 0.843. The van der Waals surface area contributed by atoms with Gasteiger partial charge in [-0.15, -0.1) is 0 Å². The number of benzene rings is 1. The van der Waals surface area contributed by atoms with Gasteiger partial charge in [-0.3, -0.25) is 4.79 Å². The maximum atomic E-state index is 13.9. The first kappa shape index (κ1) is 12.6. The van der Waals surface area contributed by atoms with Crippen LogP contribution < -0.4 is 0 Å². The Morgan fingerprint density at radius 1 is 1.32 bits per heavy atom. The van der Waals surface area contributed by atoms with E-state index in [0.29, 0.717) is 18.4 Å². The summed E-state index contributed by atoms with van der Waals surface area (Å²) >= 11 is 0. The highest BCUT2D eigenvalue weighted by Gasteiger charge is 2.49. The normalized spacial score (nSPS) is 33.5. The topological polar surface area (TPSA) is 40.5 Å². The van der Waals surface area contributed by atoms with Crippen molar-refractivity contribution >= 4 is 5.91 Å². The molecule has 0 spiro atoms. The van der Waals surface area contributed by atoms with E-state index in [1.54, 1.807) is 25.1 Å². The highest BCUT2D eigenvalue weighted by Crippen LogP contribution is 2.46. The number of carbonyl (C=O) groups is 1. The minimum Gasteiger partial charge on any atom is -0.385 e. The lowest BCUT2D eigenvalue weighted by molar-refractivity contribution is -0.139. The molecule has 2 atom stereocenters. The molecule has 2 saturated heterocycles. The van der Waals surface area contributed by atoms with Crippen molar-refractivity contribution in [1.29, 1.82) is 0 Å². The van der Waals surface area contributed by atoms with Gasteiger partial charge in [0.1, 0.15) is 5.82 Å². The van der Waals surface area contributed by atoms with Crippen LogP contribution in [0.3, 0.4) is 0 Å². The van der Waals surface area contributed by atoms with E-state index < -0.39 is 5.60 Å². The maximum Gasteiger partial charge on any atom is 0.219 e. The molecule has 1 aromatic carbocycles. The molecule has 2 unspecified atom stereocenters. The van der Waals surface area contributed by atoms with Crippen molar-refractivity contribution in [3.8, 4) is 0 Å². The Hall–Kier alpha value is -1.42. The second-order valence-corrected chi connectivity index (χ2v) is 5.73. The van der Waals surface area contributed by atoms with E-state index in [4.69, 9.17) is 0 Å². The molecule has 0 aliphatic carbocycles. The van der Waals surface area contributed by atoms with Crippen LogP contribution in [-0.2, 0) is 10.4 Å². The summed E-state index contributed by atoms with van der Waals surface area (Å²) in [5.41, 5.74) is -0.765. The molecule has 19 heavy (non-hydrogen) atoms. The summed E-state index contributed by atoms with van der Waals surface area (Å²) < 4.78 is 13.9. The molecule has 2 bridgehead atoms. The molecule has 0 radical (unpaired) electrons. The highest BCUT2D eigenvalue weighted by molar-refractivity contribution is 5.74. The van der Waals surface area contributed by atoms with Crippen LogP contribution in [0.15, 0.2) is 24.3 Å². The van der Waals surface area contributed by atoms with Crippen molar-refractivity contribution in [3.05, 3.63) is 35.6 Å². The Morgan fingerprint density at radius 3 is 2.42 bits per heavy atom. The largest absolute Gasteiger partial charge is 0.385 e. The van der Waals surface area contributed by atoms with Gasteiger partial charge in [-0.2, -0.15) is 0 Å². The second-order valence-electron chi connectivity index (χ2n) is 5.73. The lowest BCUT2D eigenvalue weighted by Crippen LogP contribution is -2.51. The number of halogens is 1. The third kappa shape index (κ3) is 1.94. The molecule has 3 rings (SSSR count). The van der Waals surface area contributed by atoms with Gasteiger partial charge in [0.2, 0.25) is 5.91 Å². The number of piperidine rings is 1. The molecule has 2 fully saturated rings. The standard InChI is InChI=1S/C15H18FNO2/c1-10(18)17-11-6-7-12(17)9-15(19,8-11)13-4-2-3-5-14(13)16/h2-5,11-12,19H,6-9H2,1H3. The van der Waals surface area contributed by atoms with Gasteiger partial charge in [0.05, 0.1) is 5.60 Å². The summed E-state index contributed by atoms with van der Waals surface area (Å²) in [6.45, 7) is 1.57. The van der Waals surface area contributed by atoms with Crippen molar-refractivity contribution in [2.75, 3.05) is 0 Å². The van der Waals surface area contributed by atoms with Gasteiger partial charge in [0.15, 0.2) is 0 Å². The van der Waals surface area contributed by atoms with E-state index in [0.717, 1.165) is 12.8 Å². The summed E-state index contributed by atoms with van der Waals surface area (Å²) in [5.74, 6) is -0.302. The maximum absolute atomic E-state index is 13.9. The number of nitrogens with zero attached hydrogens (tertiary/aromatic N) is 1. The van der Waals surface area contributed by atoms with Crippen LogP contribution in [0.4, 0.5) is 4.39 Å². The van der Waals surface area contributed by atoms with Gasteiger partial charge in [-0.25, -0.2) is 4.39 Å². The van der Waals surface area contributed by atoms with Crippen molar-refractivity contribution < 1.29 is 14.3 Å². The fourth-order valence-corrected chi connectivity index (χ4v) is 3.80. The van der Waals surface area contributed by atoms with E-state index >= 15 is 0 Å². The van der Waals surface area contributed by atoms with E-state index in [9.17, 15) is 14.3 Å². The molecule has 0 aromatic heterocycles. The zero-order valence-corrected chi connectivity index (χ0v) is 11.0. The van der Waals surface area contributed by atoms with Gasteiger partial charge >= 0.3 is 0 Å².